The molecule has 2 aromatic carbocycles. The monoisotopic (exact) mass is 349 g/mol. The Hall–Kier alpha value is -3.81. The molecule has 0 fully saturated rings. The van der Waals surface area contributed by atoms with Crippen LogP contribution in [0.5, 0.6) is 17.5 Å². The van der Waals surface area contributed by atoms with E-state index in [4.69, 9.17) is 15.2 Å². The van der Waals surface area contributed by atoms with E-state index in [-0.39, 0.29) is 6.01 Å². The van der Waals surface area contributed by atoms with Crippen molar-refractivity contribution in [2.24, 2.45) is 10.2 Å². The number of nitrogen functional groups attached to an aromatic ring is 1. The first-order chi connectivity index (χ1) is 12.7. The maximum Gasteiger partial charge on any atom is 0.321 e. The van der Waals surface area contributed by atoms with Gasteiger partial charge >= 0.3 is 6.01 Å². The van der Waals surface area contributed by atoms with Crippen LogP contribution in [0.3, 0.4) is 0 Å². The van der Waals surface area contributed by atoms with Gasteiger partial charge in [0.1, 0.15) is 11.5 Å². The first-order valence-corrected chi connectivity index (χ1v) is 7.67. The highest BCUT2D eigenvalue weighted by Gasteiger charge is 2.09. The van der Waals surface area contributed by atoms with Crippen LogP contribution in [0.2, 0.25) is 0 Å². The second kappa shape index (κ2) is 8.34. The van der Waals surface area contributed by atoms with Gasteiger partial charge in [0.25, 0.3) is 6.23 Å². The van der Waals surface area contributed by atoms with E-state index in [9.17, 15) is 4.91 Å². The maximum absolute atomic E-state index is 11.0. The van der Waals surface area contributed by atoms with Crippen molar-refractivity contribution in [3.63, 3.8) is 0 Å². The zero-order valence-electron chi connectivity index (χ0n) is 13.6. The fourth-order valence-electron chi connectivity index (χ4n) is 1.99. The summed E-state index contributed by atoms with van der Waals surface area (Å²) >= 11 is 0. The molecular formula is C18H15N5O3. The molecule has 0 aliphatic rings. The van der Waals surface area contributed by atoms with Crippen molar-refractivity contribution in [1.29, 1.82) is 0 Å². The lowest BCUT2D eigenvalue weighted by Gasteiger charge is -2.10. The summed E-state index contributed by atoms with van der Waals surface area (Å²) in [6.07, 6.45) is 3.39. The number of aliphatic imine (C=N–C) groups is 1. The van der Waals surface area contributed by atoms with Crippen LogP contribution in [-0.2, 0) is 0 Å². The average Bonchev–Trinajstić information content (AvgIpc) is 2.68. The van der Waals surface area contributed by atoms with Gasteiger partial charge in [-0.25, -0.2) is 9.97 Å². The molecule has 1 atom stereocenters. The lowest BCUT2D eigenvalue weighted by atomic mass is 10.3. The fraction of sp³-hybridized carbons (Fsp3) is 0.0556. The van der Waals surface area contributed by atoms with E-state index in [1.807, 2.05) is 0 Å². The van der Waals surface area contributed by atoms with Crippen LogP contribution in [0, 0.1) is 4.91 Å². The van der Waals surface area contributed by atoms with Crippen molar-refractivity contribution in [3.8, 4) is 17.5 Å². The first kappa shape index (κ1) is 17.0. The van der Waals surface area contributed by atoms with Crippen LogP contribution in [0.4, 0.5) is 11.4 Å². The molecule has 1 unspecified atom stereocenters. The molecule has 1 heterocycles. The van der Waals surface area contributed by atoms with Crippen LogP contribution in [0.25, 0.3) is 0 Å². The molecule has 0 radical (unpaired) electrons. The summed E-state index contributed by atoms with van der Waals surface area (Å²) in [5, 5.41) is 2.89. The smallest absolute Gasteiger partial charge is 0.321 e. The number of para-hydroxylation sites is 2. The standard InChI is InChI=1S/C18H15N5O3/c19-15-4-1-2-5-16(15)26-17(23-24)12-22-13-6-8-14(9-7-13)25-18-20-10-3-11-21-18/h1-12,17H,19H2. The topological polar surface area (TPSA) is 112 Å². The molecule has 0 aliphatic heterocycles. The summed E-state index contributed by atoms with van der Waals surface area (Å²) in [6.45, 7) is 0. The van der Waals surface area contributed by atoms with E-state index in [1.54, 1.807) is 67.0 Å². The Kier molecular flexibility index (Phi) is 5.46. The van der Waals surface area contributed by atoms with Gasteiger partial charge in [-0.2, -0.15) is 0 Å². The SMILES string of the molecule is Nc1ccccc1OC(C=Nc1ccc(Oc2ncccn2)cc1)N=O. The van der Waals surface area contributed by atoms with Gasteiger partial charge in [0.2, 0.25) is 0 Å². The van der Waals surface area contributed by atoms with E-state index in [0.717, 1.165) is 0 Å². The number of benzene rings is 2. The molecular weight excluding hydrogens is 334 g/mol. The Morgan fingerprint density at radius 3 is 2.42 bits per heavy atom. The Labute approximate surface area is 149 Å². The number of rotatable bonds is 7. The van der Waals surface area contributed by atoms with E-state index < -0.39 is 6.23 Å². The van der Waals surface area contributed by atoms with Crippen molar-refractivity contribution in [1.82, 2.24) is 9.97 Å². The summed E-state index contributed by atoms with van der Waals surface area (Å²) < 4.78 is 10.9. The molecule has 1 aromatic heterocycles. The molecule has 3 aromatic rings. The minimum Gasteiger partial charge on any atom is -0.458 e. The highest BCUT2D eigenvalue weighted by Crippen LogP contribution is 2.23. The summed E-state index contributed by atoms with van der Waals surface area (Å²) in [7, 11) is 0. The second-order valence-electron chi connectivity index (χ2n) is 5.06. The van der Waals surface area contributed by atoms with Crippen molar-refractivity contribution < 1.29 is 9.47 Å². The van der Waals surface area contributed by atoms with Crippen molar-refractivity contribution in [2.45, 2.75) is 6.23 Å². The van der Waals surface area contributed by atoms with Crippen LogP contribution < -0.4 is 15.2 Å². The zero-order chi connectivity index (χ0) is 18.2. The number of nitroso groups, excluding NO2 is 1. The highest BCUT2D eigenvalue weighted by atomic mass is 16.5. The molecule has 8 heteroatoms. The lowest BCUT2D eigenvalue weighted by molar-refractivity contribution is 0.282. The van der Waals surface area contributed by atoms with E-state index in [2.05, 4.69) is 20.1 Å². The molecule has 26 heavy (non-hydrogen) atoms. The molecule has 2 N–H and O–H groups in total. The molecule has 0 saturated carbocycles. The molecule has 0 aliphatic carbocycles. The Morgan fingerprint density at radius 2 is 1.73 bits per heavy atom. The lowest BCUT2D eigenvalue weighted by Crippen LogP contribution is -2.15. The predicted octanol–water partition coefficient (Wildman–Crippen LogP) is 3.72. The number of nitrogens with zero attached hydrogens (tertiary/aromatic N) is 4. The fourth-order valence-corrected chi connectivity index (χ4v) is 1.99. The third-order valence-corrected chi connectivity index (χ3v) is 3.21. The highest BCUT2D eigenvalue weighted by molar-refractivity contribution is 5.68. The molecule has 0 saturated heterocycles. The normalized spacial score (nSPS) is 11.8. The number of ether oxygens (including phenoxy) is 2. The quantitative estimate of drug-likeness (QED) is 0.395. The van der Waals surface area contributed by atoms with E-state index in [1.165, 1.54) is 6.21 Å². The third-order valence-electron chi connectivity index (χ3n) is 3.21. The number of hydrogen-bond donors (Lipinski definition) is 1. The molecule has 0 amide bonds. The molecule has 0 spiro atoms. The second-order valence-corrected chi connectivity index (χ2v) is 5.06. The van der Waals surface area contributed by atoms with Crippen LogP contribution in [-0.4, -0.2) is 22.4 Å². The summed E-state index contributed by atoms with van der Waals surface area (Å²) in [5.41, 5.74) is 6.79. The van der Waals surface area contributed by atoms with Crippen molar-refractivity contribution in [2.75, 3.05) is 5.73 Å². The van der Waals surface area contributed by atoms with Gasteiger partial charge in [-0.05, 0) is 47.6 Å². The number of nitrogens with two attached hydrogens (primary N) is 1. The molecule has 3 rings (SSSR count). The maximum atomic E-state index is 11.0. The van der Waals surface area contributed by atoms with Gasteiger partial charge in [-0.3, -0.25) is 4.99 Å². The Balaban J connectivity index is 1.63. The van der Waals surface area contributed by atoms with Crippen LogP contribution in [0.15, 0.2) is 77.2 Å². The van der Waals surface area contributed by atoms with Gasteiger partial charge < -0.3 is 15.2 Å². The Bertz CT molecular complexity index is 885. The van der Waals surface area contributed by atoms with Crippen LogP contribution >= 0.6 is 0 Å². The van der Waals surface area contributed by atoms with E-state index in [0.29, 0.717) is 22.9 Å². The summed E-state index contributed by atoms with van der Waals surface area (Å²) in [4.78, 5) is 23.1. The van der Waals surface area contributed by atoms with Crippen molar-refractivity contribution >= 4 is 17.6 Å². The minimum absolute atomic E-state index is 0.253. The third kappa shape index (κ3) is 4.60. The summed E-state index contributed by atoms with van der Waals surface area (Å²) in [6, 6.07) is 15.6. The van der Waals surface area contributed by atoms with Crippen molar-refractivity contribution in [3.05, 3.63) is 71.9 Å². The largest absolute Gasteiger partial charge is 0.458 e. The van der Waals surface area contributed by atoms with Gasteiger partial charge in [-0.15, -0.1) is 4.91 Å². The van der Waals surface area contributed by atoms with Gasteiger partial charge in [0.15, 0.2) is 0 Å². The van der Waals surface area contributed by atoms with Crippen LogP contribution in [0.1, 0.15) is 0 Å². The Morgan fingerprint density at radius 1 is 1.00 bits per heavy atom. The first-order valence-electron chi connectivity index (χ1n) is 7.67. The molecule has 0 bridgehead atoms. The minimum atomic E-state index is -1.09. The molecule has 130 valence electrons. The number of hydrogen-bond acceptors (Lipinski definition) is 8. The zero-order valence-corrected chi connectivity index (χ0v) is 13.6. The van der Waals surface area contributed by atoms with E-state index >= 15 is 0 Å². The van der Waals surface area contributed by atoms with Gasteiger partial charge in [0, 0.05) is 12.4 Å². The van der Waals surface area contributed by atoms with Gasteiger partial charge in [0.05, 0.1) is 17.6 Å². The van der Waals surface area contributed by atoms with Gasteiger partial charge in [-0.1, -0.05) is 12.1 Å². The predicted molar refractivity (Wildman–Crippen MR) is 97.8 cm³/mol. The number of anilines is 1. The molecule has 8 nitrogen and oxygen atoms in total. The number of aromatic nitrogens is 2. The average molecular weight is 349 g/mol. The summed E-state index contributed by atoms with van der Waals surface area (Å²) in [5.74, 6) is 0.934.